The molecule has 8 heteroatoms. The number of methoxy groups -OCH3 is 2. The molecule has 0 bridgehead atoms. The first kappa shape index (κ1) is 20.3. The predicted octanol–water partition coefficient (Wildman–Crippen LogP) is 2.62. The van der Waals surface area contributed by atoms with Gasteiger partial charge in [0.2, 0.25) is 5.95 Å². The SMILES string of the molecule is CCC1CCC(=O)C=C1N1CCN(c2nc(N)c3cc(OC)c(OC)cc3n2)CC1. The first-order valence-corrected chi connectivity index (χ1v) is 10.5. The van der Waals surface area contributed by atoms with Crippen LogP contribution in [0, 0.1) is 5.92 Å². The molecule has 160 valence electrons. The van der Waals surface area contributed by atoms with Gasteiger partial charge in [-0.1, -0.05) is 6.92 Å². The summed E-state index contributed by atoms with van der Waals surface area (Å²) in [5.41, 5.74) is 8.17. The summed E-state index contributed by atoms with van der Waals surface area (Å²) in [7, 11) is 3.19. The van der Waals surface area contributed by atoms with Gasteiger partial charge in [-0.05, 0) is 24.8 Å². The third kappa shape index (κ3) is 3.74. The number of benzene rings is 1. The van der Waals surface area contributed by atoms with Crippen molar-refractivity contribution >= 4 is 28.5 Å². The van der Waals surface area contributed by atoms with Crippen LogP contribution in [0.15, 0.2) is 23.9 Å². The van der Waals surface area contributed by atoms with Crippen LogP contribution in [0.25, 0.3) is 10.9 Å². The van der Waals surface area contributed by atoms with Crippen LogP contribution in [0.2, 0.25) is 0 Å². The number of rotatable bonds is 5. The fourth-order valence-electron chi connectivity index (χ4n) is 4.35. The summed E-state index contributed by atoms with van der Waals surface area (Å²) in [5, 5.41) is 0.742. The predicted molar refractivity (Wildman–Crippen MR) is 117 cm³/mol. The number of aromatic nitrogens is 2. The average Bonchev–Trinajstić information content (AvgIpc) is 2.78. The molecule has 0 radical (unpaired) electrons. The Morgan fingerprint density at radius 1 is 1.07 bits per heavy atom. The molecule has 1 aliphatic carbocycles. The number of nitrogen functional groups attached to an aromatic ring is 1. The van der Waals surface area contributed by atoms with E-state index < -0.39 is 0 Å². The summed E-state index contributed by atoms with van der Waals surface area (Å²) in [4.78, 5) is 25.7. The number of anilines is 2. The Hall–Kier alpha value is -3.03. The number of carbonyl (C=O) groups is 1. The molecule has 1 unspecified atom stereocenters. The summed E-state index contributed by atoms with van der Waals surface area (Å²) in [6.07, 6.45) is 4.55. The van der Waals surface area contributed by atoms with Crippen LogP contribution < -0.4 is 20.1 Å². The van der Waals surface area contributed by atoms with E-state index in [0.29, 0.717) is 35.6 Å². The number of piperazine rings is 1. The van der Waals surface area contributed by atoms with Crippen molar-refractivity contribution in [3.8, 4) is 11.5 Å². The summed E-state index contributed by atoms with van der Waals surface area (Å²) >= 11 is 0. The molecule has 4 rings (SSSR count). The van der Waals surface area contributed by atoms with Crippen molar-refractivity contribution in [2.45, 2.75) is 26.2 Å². The van der Waals surface area contributed by atoms with Crippen LogP contribution in [0.5, 0.6) is 11.5 Å². The normalized spacial score (nSPS) is 19.8. The highest BCUT2D eigenvalue weighted by Crippen LogP contribution is 2.34. The molecule has 2 heterocycles. The topological polar surface area (TPSA) is 93.8 Å². The van der Waals surface area contributed by atoms with Crippen molar-refractivity contribution in [2.75, 3.05) is 51.0 Å². The highest BCUT2D eigenvalue weighted by Gasteiger charge is 2.28. The Kier molecular flexibility index (Phi) is 5.65. The van der Waals surface area contributed by atoms with Gasteiger partial charge in [-0.3, -0.25) is 4.79 Å². The Labute approximate surface area is 176 Å². The molecule has 1 saturated heterocycles. The standard InChI is InChI=1S/C22H29N5O3/c1-4-14-5-6-15(28)11-18(14)26-7-9-27(10-8-26)22-24-17-13-20(30-3)19(29-2)12-16(17)21(23)25-22/h11-14H,4-10H2,1-3H3,(H2,23,24,25). The molecular formula is C22H29N5O3. The van der Waals surface area contributed by atoms with Gasteiger partial charge >= 0.3 is 0 Å². The number of hydrogen-bond donors (Lipinski definition) is 1. The monoisotopic (exact) mass is 411 g/mol. The molecule has 1 aliphatic heterocycles. The first-order valence-electron chi connectivity index (χ1n) is 10.5. The van der Waals surface area contributed by atoms with Crippen LogP contribution in [0.4, 0.5) is 11.8 Å². The Balaban J connectivity index is 1.55. The average molecular weight is 412 g/mol. The maximum atomic E-state index is 12.0. The second-order valence-corrected chi connectivity index (χ2v) is 7.79. The van der Waals surface area contributed by atoms with Gasteiger partial charge in [-0.15, -0.1) is 0 Å². The number of carbonyl (C=O) groups excluding carboxylic acids is 1. The number of ketones is 1. The van der Waals surface area contributed by atoms with E-state index in [-0.39, 0.29) is 5.78 Å². The van der Waals surface area contributed by atoms with Gasteiger partial charge in [0.15, 0.2) is 17.3 Å². The lowest BCUT2D eigenvalue weighted by Crippen LogP contribution is -2.48. The molecule has 0 spiro atoms. The zero-order valence-electron chi connectivity index (χ0n) is 17.9. The van der Waals surface area contributed by atoms with Gasteiger partial charge in [-0.25, -0.2) is 4.98 Å². The van der Waals surface area contributed by atoms with Crippen molar-refractivity contribution in [3.05, 3.63) is 23.9 Å². The third-order valence-corrected chi connectivity index (χ3v) is 6.11. The number of fused-ring (bicyclic) bond motifs is 1. The van der Waals surface area contributed by atoms with E-state index in [2.05, 4.69) is 21.7 Å². The van der Waals surface area contributed by atoms with Gasteiger partial charge in [0, 0.05) is 55.8 Å². The second kappa shape index (κ2) is 8.38. The van der Waals surface area contributed by atoms with E-state index in [1.54, 1.807) is 14.2 Å². The maximum absolute atomic E-state index is 12.0. The molecule has 8 nitrogen and oxygen atoms in total. The lowest BCUT2D eigenvalue weighted by molar-refractivity contribution is -0.115. The highest BCUT2D eigenvalue weighted by molar-refractivity contribution is 5.92. The summed E-state index contributed by atoms with van der Waals surface area (Å²) < 4.78 is 10.8. The molecule has 1 atom stereocenters. The molecule has 2 aromatic rings. The van der Waals surface area contributed by atoms with Gasteiger partial charge in [0.1, 0.15) is 5.82 Å². The van der Waals surface area contributed by atoms with E-state index >= 15 is 0 Å². The molecule has 0 saturated carbocycles. The molecular weight excluding hydrogens is 382 g/mol. The quantitative estimate of drug-likeness (QED) is 0.803. The van der Waals surface area contributed by atoms with Crippen molar-refractivity contribution in [1.82, 2.24) is 14.9 Å². The van der Waals surface area contributed by atoms with E-state index in [1.165, 1.54) is 5.70 Å². The minimum atomic E-state index is 0.243. The van der Waals surface area contributed by atoms with Crippen molar-refractivity contribution in [3.63, 3.8) is 0 Å². The molecule has 2 N–H and O–H groups in total. The smallest absolute Gasteiger partial charge is 0.228 e. The Morgan fingerprint density at radius 3 is 2.40 bits per heavy atom. The lowest BCUT2D eigenvalue weighted by Gasteiger charge is -2.40. The number of nitrogens with two attached hydrogens (primary N) is 1. The molecule has 1 aromatic heterocycles. The van der Waals surface area contributed by atoms with Gasteiger partial charge in [0.25, 0.3) is 0 Å². The number of ether oxygens (including phenoxy) is 2. The Bertz CT molecular complexity index is 982. The lowest BCUT2D eigenvalue weighted by atomic mass is 9.88. The van der Waals surface area contributed by atoms with Crippen molar-refractivity contribution in [1.29, 1.82) is 0 Å². The zero-order valence-corrected chi connectivity index (χ0v) is 17.9. The fourth-order valence-corrected chi connectivity index (χ4v) is 4.35. The van der Waals surface area contributed by atoms with Gasteiger partial charge in [-0.2, -0.15) is 4.98 Å². The number of hydrogen-bond acceptors (Lipinski definition) is 8. The van der Waals surface area contributed by atoms with Crippen LogP contribution in [0.1, 0.15) is 26.2 Å². The van der Waals surface area contributed by atoms with Crippen LogP contribution in [-0.2, 0) is 4.79 Å². The van der Waals surface area contributed by atoms with Crippen LogP contribution >= 0.6 is 0 Å². The number of allylic oxidation sites excluding steroid dienone is 2. The minimum Gasteiger partial charge on any atom is -0.493 e. The fraction of sp³-hybridized carbons (Fsp3) is 0.500. The summed E-state index contributed by atoms with van der Waals surface area (Å²) in [5.74, 6) is 2.97. The summed E-state index contributed by atoms with van der Waals surface area (Å²) in [6.45, 7) is 5.42. The highest BCUT2D eigenvalue weighted by atomic mass is 16.5. The van der Waals surface area contributed by atoms with E-state index in [1.807, 2.05) is 18.2 Å². The third-order valence-electron chi connectivity index (χ3n) is 6.11. The van der Waals surface area contributed by atoms with Crippen molar-refractivity contribution < 1.29 is 14.3 Å². The summed E-state index contributed by atoms with van der Waals surface area (Å²) in [6, 6.07) is 3.64. The van der Waals surface area contributed by atoms with Crippen LogP contribution in [0.3, 0.4) is 0 Å². The second-order valence-electron chi connectivity index (χ2n) is 7.79. The molecule has 30 heavy (non-hydrogen) atoms. The van der Waals surface area contributed by atoms with Gasteiger partial charge < -0.3 is 25.0 Å². The Morgan fingerprint density at radius 2 is 1.73 bits per heavy atom. The molecule has 1 fully saturated rings. The molecule has 0 amide bonds. The first-order chi connectivity index (χ1) is 14.5. The largest absolute Gasteiger partial charge is 0.493 e. The zero-order chi connectivity index (χ0) is 21.3. The van der Waals surface area contributed by atoms with Crippen LogP contribution in [-0.4, -0.2) is 61.0 Å². The van der Waals surface area contributed by atoms with E-state index in [9.17, 15) is 4.79 Å². The molecule has 1 aromatic carbocycles. The minimum absolute atomic E-state index is 0.243. The van der Waals surface area contributed by atoms with Gasteiger partial charge in [0.05, 0.1) is 19.7 Å². The van der Waals surface area contributed by atoms with E-state index in [4.69, 9.17) is 20.2 Å². The maximum Gasteiger partial charge on any atom is 0.228 e. The van der Waals surface area contributed by atoms with Crippen molar-refractivity contribution in [2.24, 2.45) is 5.92 Å². The van der Waals surface area contributed by atoms with E-state index in [0.717, 1.165) is 49.9 Å². The molecule has 2 aliphatic rings. The number of nitrogens with zero attached hydrogens (tertiary/aromatic N) is 4.